The van der Waals surface area contributed by atoms with E-state index in [1.807, 2.05) is 0 Å². The number of benzene rings is 1. The standard InChI is InChI=1S/C17H28N2/c1-4-14(5-2)13(3)19-17-10-11-18-12-15-8-6-7-9-16(15)17/h6-9,13-14,17-19H,4-5,10-12H2,1-3H3. The summed E-state index contributed by atoms with van der Waals surface area (Å²) in [5.41, 5.74) is 2.94. The lowest BCUT2D eigenvalue weighted by molar-refractivity contribution is 0.316. The van der Waals surface area contributed by atoms with Gasteiger partial charge in [0.05, 0.1) is 0 Å². The van der Waals surface area contributed by atoms with E-state index >= 15 is 0 Å². The third-order valence-electron chi connectivity index (χ3n) is 4.58. The Balaban J connectivity index is 2.11. The van der Waals surface area contributed by atoms with Gasteiger partial charge in [0.15, 0.2) is 0 Å². The van der Waals surface area contributed by atoms with Crippen LogP contribution in [0, 0.1) is 5.92 Å². The third kappa shape index (κ3) is 3.58. The van der Waals surface area contributed by atoms with Crippen LogP contribution in [0.2, 0.25) is 0 Å². The maximum Gasteiger partial charge on any atom is 0.0337 e. The number of rotatable bonds is 5. The van der Waals surface area contributed by atoms with Crippen LogP contribution >= 0.6 is 0 Å². The summed E-state index contributed by atoms with van der Waals surface area (Å²) in [4.78, 5) is 0. The molecular weight excluding hydrogens is 232 g/mol. The Morgan fingerprint density at radius 2 is 2.00 bits per heavy atom. The minimum atomic E-state index is 0.502. The molecule has 1 aliphatic heterocycles. The van der Waals surface area contributed by atoms with Crippen molar-refractivity contribution in [3.05, 3.63) is 35.4 Å². The summed E-state index contributed by atoms with van der Waals surface area (Å²) < 4.78 is 0. The van der Waals surface area contributed by atoms with Crippen LogP contribution in [0.25, 0.3) is 0 Å². The number of nitrogens with one attached hydrogen (secondary N) is 2. The topological polar surface area (TPSA) is 24.1 Å². The van der Waals surface area contributed by atoms with Crippen molar-refractivity contribution in [3.8, 4) is 0 Å². The molecule has 0 amide bonds. The van der Waals surface area contributed by atoms with E-state index in [-0.39, 0.29) is 0 Å². The first-order valence-electron chi connectivity index (χ1n) is 7.80. The number of hydrogen-bond acceptors (Lipinski definition) is 2. The summed E-state index contributed by atoms with van der Waals surface area (Å²) in [6, 6.07) is 9.95. The first-order valence-corrected chi connectivity index (χ1v) is 7.80. The zero-order chi connectivity index (χ0) is 13.7. The molecule has 0 radical (unpaired) electrons. The molecule has 2 N–H and O–H groups in total. The Morgan fingerprint density at radius 1 is 1.26 bits per heavy atom. The van der Waals surface area contributed by atoms with E-state index in [0.29, 0.717) is 12.1 Å². The monoisotopic (exact) mass is 260 g/mol. The molecule has 1 aliphatic rings. The molecule has 0 saturated carbocycles. The molecule has 2 atom stereocenters. The van der Waals surface area contributed by atoms with Gasteiger partial charge in [-0.2, -0.15) is 0 Å². The Bertz CT molecular complexity index is 385. The van der Waals surface area contributed by atoms with Gasteiger partial charge in [-0.1, -0.05) is 51.0 Å². The lowest BCUT2D eigenvalue weighted by atomic mass is 9.92. The average molecular weight is 260 g/mol. The van der Waals surface area contributed by atoms with Crippen LogP contribution in [0.3, 0.4) is 0 Å². The quantitative estimate of drug-likeness (QED) is 0.844. The summed E-state index contributed by atoms with van der Waals surface area (Å²) in [7, 11) is 0. The minimum absolute atomic E-state index is 0.502. The average Bonchev–Trinajstić information content (AvgIpc) is 2.63. The fraction of sp³-hybridized carbons (Fsp3) is 0.647. The highest BCUT2D eigenvalue weighted by Gasteiger charge is 2.22. The molecule has 0 bridgehead atoms. The summed E-state index contributed by atoms with van der Waals surface area (Å²) in [6.07, 6.45) is 3.70. The van der Waals surface area contributed by atoms with Crippen molar-refractivity contribution in [3.63, 3.8) is 0 Å². The Morgan fingerprint density at radius 3 is 2.74 bits per heavy atom. The molecule has 0 fully saturated rings. The van der Waals surface area contributed by atoms with Gasteiger partial charge in [-0.15, -0.1) is 0 Å². The van der Waals surface area contributed by atoms with Gasteiger partial charge in [-0.05, 0) is 36.9 Å². The van der Waals surface area contributed by atoms with Crippen LogP contribution in [0.1, 0.15) is 57.2 Å². The van der Waals surface area contributed by atoms with Gasteiger partial charge in [0.2, 0.25) is 0 Å². The van der Waals surface area contributed by atoms with Crippen LogP contribution in [0.5, 0.6) is 0 Å². The normalized spacial score (nSPS) is 20.9. The van der Waals surface area contributed by atoms with Gasteiger partial charge in [0, 0.05) is 18.6 Å². The highest BCUT2D eigenvalue weighted by molar-refractivity contribution is 5.31. The second-order valence-corrected chi connectivity index (χ2v) is 5.75. The van der Waals surface area contributed by atoms with Gasteiger partial charge in [0.1, 0.15) is 0 Å². The lowest BCUT2D eigenvalue weighted by Crippen LogP contribution is -2.36. The molecule has 1 aromatic carbocycles. The zero-order valence-electron chi connectivity index (χ0n) is 12.6. The molecule has 106 valence electrons. The maximum atomic E-state index is 3.88. The molecule has 0 saturated heterocycles. The van der Waals surface area contributed by atoms with Crippen molar-refractivity contribution in [2.24, 2.45) is 5.92 Å². The molecule has 2 nitrogen and oxygen atoms in total. The second kappa shape index (κ2) is 7.06. The van der Waals surface area contributed by atoms with Crippen LogP contribution < -0.4 is 10.6 Å². The summed E-state index contributed by atoms with van der Waals surface area (Å²) in [5.74, 6) is 0.781. The van der Waals surface area contributed by atoms with Gasteiger partial charge < -0.3 is 10.6 Å². The van der Waals surface area contributed by atoms with E-state index in [9.17, 15) is 0 Å². The van der Waals surface area contributed by atoms with Crippen molar-refractivity contribution < 1.29 is 0 Å². The Hall–Kier alpha value is -0.860. The van der Waals surface area contributed by atoms with Gasteiger partial charge in [-0.25, -0.2) is 0 Å². The maximum absolute atomic E-state index is 3.88. The van der Waals surface area contributed by atoms with E-state index < -0.39 is 0 Å². The van der Waals surface area contributed by atoms with Crippen LogP contribution in [-0.2, 0) is 6.54 Å². The first kappa shape index (κ1) is 14.5. The predicted molar refractivity (Wildman–Crippen MR) is 82.2 cm³/mol. The van der Waals surface area contributed by atoms with Crippen LogP contribution in [0.15, 0.2) is 24.3 Å². The zero-order valence-corrected chi connectivity index (χ0v) is 12.6. The van der Waals surface area contributed by atoms with Crippen molar-refractivity contribution in [2.45, 2.75) is 58.7 Å². The molecule has 2 heteroatoms. The molecule has 19 heavy (non-hydrogen) atoms. The van der Waals surface area contributed by atoms with Gasteiger partial charge >= 0.3 is 0 Å². The first-order chi connectivity index (χ1) is 9.26. The molecule has 0 aromatic heterocycles. The number of hydrogen-bond donors (Lipinski definition) is 2. The molecule has 2 unspecified atom stereocenters. The minimum Gasteiger partial charge on any atom is -0.313 e. The van der Waals surface area contributed by atoms with Gasteiger partial charge in [0.25, 0.3) is 0 Å². The SMILES string of the molecule is CCC(CC)C(C)NC1CCNCc2ccccc21. The fourth-order valence-electron chi connectivity index (χ4n) is 3.28. The molecular formula is C17H28N2. The fourth-order valence-corrected chi connectivity index (χ4v) is 3.28. The third-order valence-corrected chi connectivity index (χ3v) is 4.58. The van der Waals surface area contributed by atoms with Crippen molar-refractivity contribution >= 4 is 0 Å². The van der Waals surface area contributed by atoms with Crippen LogP contribution in [0.4, 0.5) is 0 Å². The van der Waals surface area contributed by atoms with Crippen molar-refractivity contribution in [1.82, 2.24) is 10.6 Å². The van der Waals surface area contributed by atoms with E-state index in [2.05, 4.69) is 55.7 Å². The van der Waals surface area contributed by atoms with Gasteiger partial charge in [-0.3, -0.25) is 0 Å². The highest BCUT2D eigenvalue weighted by atomic mass is 15.0. The summed E-state index contributed by atoms with van der Waals surface area (Å²) in [5, 5.41) is 7.40. The molecule has 2 rings (SSSR count). The predicted octanol–water partition coefficient (Wildman–Crippen LogP) is 3.64. The van der Waals surface area contributed by atoms with Crippen LogP contribution in [-0.4, -0.2) is 12.6 Å². The summed E-state index contributed by atoms with van der Waals surface area (Å²) in [6.45, 7) is 9.05. The Labute approximate surface area is 118 Å². The highest BCUT2D eigenvalue weighted by Crippen LogP contribution is 2.25. The molecule has 1 aromatic rings. The largest absolute Gasteiger partial charge is 0.313 e. The van der Waals surface area contributed by atoms with E-state index in [1.54, 1.807) is 0 Å². The van der Waals surface area contributed by atoms with E-state index in [1.165, 1.54) is 30.4 Å². The molecule has 0 aliphatic carbocycles. The van der Waals surface area contributed by atoms with Crippen molar-refractivity contribution in [2.75, 3.05) is 6.54 Å². The number of fused-ring (bicyclic) bond motifs is 1. The van der Waals surface area contributed by atoms with E-state index in [0.717, 1.165) is 19.0 Å². The van der Waals surface area contributed by atoms with E-state index in [4.69, 9.17) is 0 Å². The summed E-state index contributed by atoms with van der Waals surface area (Å²) >= 11 is 0. The van der Waals surface area contributed by atoms with Crippen molar-refractivity contribution in [1.29, 1.82) is 0 Å². The molecule has 1 heterocycles. The second-order valence-electron chi connectivity index (χ2n) is 5.75. The Kier molecular flexibility index (Phi) is 5.41. The lowest BCUT2D eigenvalue weighted by Gasteiger charge is -2.28. The smallest absolute Gasteiger partial charge is 0.0337 e. The molecule has 0 spiro atoms.